The van der Waals surface area contributed by atoms with E-state index in [1.165, 1.54) is 7.11 Å². The highest BCUT2D eigenvalue weighted by atomic mass is 16.5. The number of amides is 3. The maximum absolute atomic E-state index is 13.9. The zero-order valence-electron chi connectivity index (χ0n) is 26.4. The number of nitrogens with one attached hydrogen (secondary N) is 2. The Bertz CT molecular complexity index is 1360. The summed E-state index contributed by atoms with van der Waals surface area (Å²) < 4.78 is 4.74. The number of benzene rings is 2. The van der Waals surface area contributed by atoms with Gasteiger partial charge < -0.3 is 25.4 Å². The molecule has 242 valence electrons. The first kappa shape index (κ1) is 32.6. The van der Waals surface area contributed by atoms with E-state index in [9.17, 15) is 24.3 Å². The van der Waals surface area contributed by atoms with Crippen molar-refractivity contribution >= 4 is 29.4 Å². The molecule has 45 heavy (non-hydrogen) atoms. The van der Waals surface area contributed by atoms with Gasteiger partial charge in [-0.3, -0.25) is 19.3 Å². The van der Waals surface area contributed by atoms with Gasteiger partial charge in [-0.15, -0.1) is 0 Å². The third kappa shape index (κ3) is 7.07. The van der Waals surface area contributed by atoms with Crippen LogP contribution in [-0.4, -0.2) is 83.0 Å². The topological polar surface area (TPSA) is 128 Å². The van der Waals surface area contributed by atoms with Crippen LogP contribution in [0.5, 0.6) is 0 Å². The first-order valence-corrected chi connectivity index (χ1v) is 16.4. The number of piperidine rings is 1. The SMILES string of the molecule is CCCCN1C(=O)[C@@H]([C@H](O)C2CCCCC2)NC(=O)C12CCN(Cc1ccccc1C(=O)Nc1ccc(C(=O)OC)cc1)CC2. The van der Waals surface area contributed by atoms with Crippen molar-refractivity contribution < 1.29 is 29.0 Å². The van der Waals surface area contributed by atoms with Crippen molar-refractivity contribution in [3.8, 4) is 0 Å². The average molecular weight is 619 g/mol. The Morgan fingerprint density at radius 1 is 1.04 bits per heavy atom. The summed E-state index contributed by atoms with van der Waals surface area (Å²) in [6.45, 7) is 4.27. The molecule has 0 aromatic heterocycles. The van der Waals surface area contributed by atoms with Gasteiger partial charge in [0.2, 0.25) is 11.8 Å². The lowest BCUT2D eigenvalue weighted by atomic mass is 9.78. The molecule has 2 aromatic rings. The van der Waals surface area contributed by atoms with E-state index in [0.717, 1.165) is 50.5 Å². The van der Waals surface area contributed by atoms with Gasteiger partial charge in [0.1, 0.15) is 11.6 Å². The molecule has 5 rings (SSSR count). The highest BCUT2D eigenvalue weighted by Gasteiger charge is 2.55. The number of aliphatic hydroxyl groups is 1. The number of rotatable bonds is 10. The third-order valence-corrected chi connectivity index (χ3v) is 9.87. The van der Waals surface area contributed by atoms with E-state index in [4.69, 9.17) is 4.74 Å². The molecule has 3 N–H and O–H groups in total. The van der Waals surface area contributed by atoms with Gasteiger partial charge in [0.05, 0.1) is 18.8 Å². The van der Waals surface area contributed by atoms with E-state index in [1.54, 1.807) is 35.2 Å². The van der Waals surface area contributed by atoms with Gasteiger partial charge in [-0.05, 0) is 73.9 Å². The number of esters is 1. The lowest BCUT2D eigenvalue weighted by Gasteiger charge is -2.52. The lowest BCUT2D eigenvalue weighted by Crippen LogP contribution is -2.75. The standard InChI is InChI=1S/C35H46N4O6/c1-3-4-20-39-32(42)29(30(40)24-10-6-5-7-11-24)37-34(44)35(39)18-21-38(22-19-35)23-26-12-8-9-13-28(26)31(41)36-27-16-14-25(15-17-27)33(43)45-2/h8-9,12-17,24,29-30,40H,3-7,10-11,18-23H2,1-2H3,(H,36,41)(H,37,44)/t29-,30-/m1/s1. The molecule has 3 amide bonds. The van der Waals surface area contributed by atoms with E-state index < -0.39 is 23.7 Å². The number of hydrogen-bond donors (Lipinski definition) is 3. The number of nitrogens with zero attached hydrogens (tertiary/aromatic N) is 2. The molecular formula is C35H46N4O6. The Hall–Kier alpha value is -3.76. The van der Waals surface area contributed by atoms with E-state index in [1.807, 2.05) is 18.2 Å². The smallest absolute Gasteiger partial charge is 0.337 e. The Morgan fingerprint density at radius 2 is 1.73 bits per heavy atom. The maximum Gasteiger partial charge on any atom is 0.337 e. The lowest BCUT2D eigenvalue weighted by molar-refractivity contribution is -0.166. The minimum Gasteiger partial charge on any atom is -0.465 e. The van der Waals surface area contributed by atoms with Gasteiger partial charge in [0.25, 0.3) is 5.91 Å². The maximum atomic E-state index is 13.9. The van der Waals surface area contributed by atoms with E-state index in [-0.39, 0.29) is 23.6 Å². The van der Waals surface area contributed by atoms with Crippen LogP contribution in [0.2, 0.25) is 0 Å². The van der Waals surface area contributed by atoms with Crippen molar-refractivity contribution in [2.75, 3.05) is 32.1 Å². The van der Waals surface area contributed by atoms with E-state index in [0.29, 0.717) is 55.8 Å². The third-order valence-electron chi connectivity index (χ3n) is 9.87. The number of anilines is 1. The fraction of sp³-hybridized carbons (Fsp3) is 0.543. The summed E-state index contributed by atoms with van der Waals surface area (Å²) in [5.74, 6) is -0.974. The summed E-state index contributed by atoms with van der Waals surface area (Å²) in [4.78, 5) is 56.8. The molecular weight excluding hydrogens is 572 g/mol. The second-order valence-corrected chi connectivity index (χ2v) is 12.7. The summed E-state index contributed by atoms with van der Waals surface area (Å²) >= 11 is 0. The second-order valence-electron chi connectivity index (χ2n) is 12.7. The fourth-order valence-corrected chi connectivity index (χ4v) is 7.16. The van der Waals surface area contributed by atoms with E-state index in [2.05, 4.69) is 22.5 Å². The number of carbonyl (C=O) groups is 4. The summed E-state index contributed by atoms with van der Waals surface area (Å²) in [6, 6.07) is 13.1. The van der Waals surface area contributed by atoms with E-state index >= 15 is 0 Å². The molecule has 0 radical (unpaired) electrons. The van der Waals surface area contributed by atoms with Gasteiger partial charge in [-0.1, -0.05) is 50.8 Å². The number of methoxy groups -OCH3 is 1. The molecule has 0 bridgehead atoms. The Morgan fingerprint density at radius 3 is 2.40 bits per heavy atom. The minimum absolute atomic E-state index is 0.0356. The molecule has 10 heteroatoms. The summed E-state index contributed by atoms with van der Waals surface area (Å²) in [5, 5.41) is 17.1. The van der Waals surface area contributed by atoms with Crippen molar-refractivity contribution in [1.82, 2.24) is 15.1 Å². The molecule has 3 aliphatic rings. The highest BCUT2D eigenvalue weighted by Crippen LogP contribution is 2.36. The van der Waals surface area contributed by atoms with Gasteiger partial charge in [-0.2, -0.15) is 0 Å². The molecule has 2 atom stereocenters. The van der Waals surface area contributed by atoms with Crippen LogP contribution in [0.1, 0.15) is 91.0 Å². The Labute approximate surface area is 265 Å². The molecule has 2 aromatic carbocycles. The predicted octanol–water partition coefficient (Wildman–Crippen LogP) is 4.13. The van der Waals surface area contributed by atoms with Gasteiger partial charge in [0, 0.05) is 37.4 Å². The second kappa shape index (κ2) is 14.6. The van der Waals surface area contributed by atoms with Crippen molar-refractivity contribution in [2.45, 2.75) is 88.9 Å². The van der Waals surface area contributed by atoms with Crippen LogP contribution in [0, 0.1) is 5.92 Å². The molecule has 2 heterocycles. The van der Waals surface area contributed by atoms with Crippen molar-refractivity contribution in [1.29, 1.82) is 0 Å². The quantitative estimate of drug-likeness (QED) is 0.342. The zero-order chi connectivity index (χ0) is 32.0. The number of hydrogen-bond acceptors (Lipinski definition) is 7. The molecule has 2 saturated heterocycles. The molecule has 10 nitrogen and oxygen atoms in total. The van der Waals surface area contributed by atoms with Crippen molar-refractivity contribution in [3.05, 3.63) is 65.2 Å². The van der Waals surface area contributed by atoms with Crippen molar-refractivity contribution in [2.24, 2.45) is 5.92 Å². The summed E-state index contributed by atoms with van der Waals surface area (Å²) in [6.07, 6.45) is 6.82. The van der Waals surface area contributed by atoms with Crippen LogP contribution in [0.4, 0.5) is 5.69 Å². The van der Waals surface area contributed by atoms with Crippen LogP contribution in [0.3, 0.4) is 0 Å². The zero-order valence-corrected chi connectivity index (χ0v) is 26.4. The summed E-state index contributed by atoms with van der Waals surface area (Å²) in [5.41, 5.74) is 1.44. The van der Waals surface area contributed by atoms with Crippen LogP contribution in [0.15, 0.2) is 48.5 Å². The molecule has 1 spiro atoms. The van der Waals surface area contributed by atoms with Gasteiger partial charge in [-0.25, -0.2) is 4.79 Å². The largest absolute Gasteiger partial charge is 0.465 e. The molecule has 3 fully saturated rings. The van der Waals surface area contributed by atoms with Gasteiger partial charge in [0.15, 0.2) is 0 Å². The number of aliphatic hydroxyl groups excluding tert-OH is 1. The Balaban J connectivity index is 1.25. The number of carbonyl (C=O) groups excluding carboxylic acids is 4. The van der Waals surface area contributed by atoms with Crippen LogP contribution < -0.4 is 10.6 Å². The summed E-state index contributed by atoms with van der Waals surface area (Å²) in [7, 11) is 1.32. The molecule has 2 aliphatic heterocycles. The number of unbranched alkanes of at least 4 members (excludes halogenated alkanes) is 1. The highest BCUT2D eigenvalue weighted by molar-refractivity contribution is 6.05. The van der Waals surface area contributed by atoms with Crippen LogP contribution >= 0.6 is 0 Å². The monoisotopic (exact) mass is 618 g/mol. The molecule has 1 saturated carbocycles. The first-order valence-electron chi connectivity index (χ1n) is 16.4. The minimum atomic E-state index is -0.932. The van der Waals surface area contributed by atoms with Crippen LogP contribution in [-0.2, 0) is 20.9 Å². The first-order chi connectivity index (χ1) is 21.8. The van der Waals surface area contributed by atoms with Crippen LogP contribution in [0.25, 0.3) is 0 Å². The fourth-order valence-electron chi connectivity index (χ4n) is 7.16. The predicted molar refractivity (Wildman–Crippen MR) is 171 cm³/mol. The molecule has 0 unspecified atom stereocenters. The number of likely N-dealkylation sites (tertiary alicyclic amines) is 1. The Kier molecular flexibility index (Phi) is 10.6. The van der Waals surface area contributed by atoms with Gasteiger partial charge >= 0.3 is 5.97 Å². The number of piperazine rings is 1. The normalized spacial score (nSPS) is 21.3. The number of ether oxygens (including phenoxy) is 1. The van der Waals surface area contributed by atoms with Crippen molar-refractivity contribution in [3.63, 3.8) is 0 Å². The average Bonchev–Trinajstić information content (AvgIpc) is 3.07. The molecule has 1 aliphatic carbocycles.